The van der Waals surface area contributed by atoms with E-state index >= 15 is 0 Å². The van der Waals surface area contributed by atoms with Gasteiger partial charge >= 0.3 is 0 Å². The van der Waals surface area contributed by atoms with Crippen LogP contribution in [0.3, 0.4) is 0 Å². The molecular weight excluding hydrogens is 403 g/mol. The average Bonchev–Trinajstić information content (AvgIpc) is 3.52. The van der Waals surface area contributed by atoms with Gasteiger partial charge in [0.05, 0.1) is 11.8 Å². The summed E-state index contributed by atoms with van der Waals surface area (Å²) in [5.41, 5.74) is 10.5. The highest BCUT2D eigenvalue weighted by Crippen LogP contribution is 2.53. The van der Waals surface area contributed by atoms with Crippen molar-refractivity contribution in [2.24, 2.45) is 11.7 Å². The maximum absolute atomic E-state index is 14.8. The van der Waals surface area contributed by atoms with Crippen LogP contribution < -0.4 is 10.5 Å². The van der Waals surface area contributed by atoms with Crippen molar-refractivity contribution < 1.29 is 18.7 Å². The molecule has 1 aromatic heterocycles. The van der Waals surface area contributed by atoms with Crippen LogP contribution in [0.4, 0.5) is 10.1 Å². The normalized spacial score (nSPS) is 25.2. The average molecular weight is 431 g/mol. The largest absolute Gasteiger partial charge is 0.452 e. The van der Waals surface area contributed by atoms with Crippen LogP contribution in [0.25, 0.3) is 0 Å². The van der Waals surface area contributed by atoms with E-state index in [2.05, 4.69) is 10.5 Å². The van der Waals surface area contributed by atoms with E-state index in [0.29, 0.717) is 11.8 Å². The first-order chi connectivity index (χ1) is 14.6. The first-order valence-corrected chi connectivity index (χ1v) is 11.7. The van der Waals surface area contributed by atoms with Crippen LogP contribution in [-0.2, 0) is 30.5 Å². The smallest absolute Gasteiger partial charge is 0.204 e. The molecule has 0 saturated heterocycles. The molecule has 1 saturated carbocycles. The summed E-state index contributed by atoms with van der Waals surface area (Å²) in [5, 5.41) is 11.4. The van der Waals surface area contributed by atoms with Crippen LogP contribution in [0.2, 0.25) is 0 Å². The SMILES string of the molecule is NC=O.OC1c2cc(SNc3c4c(c(F)c5c3CCC5)CCC4)oc2C2CCC1C2. The van der Waals surface area contributed by atoms with E-state index in [1.807, 2.05) is 6.07 Å². The molecule has 4 aliphatic carbocycles. The molecule has 5 nitrogen and oxygen atoms in total. The summed E-state index contributed by atoms with van der Waals surface area (Å²) in [4.78, 5) is 8.58. The number of nitrogens with two attached hydrogens (primary N) is 1. The van der Waals surface area contributed by atoms with Crippen molar-refractivity contribution >= 4 is 24.0 Å². The minimum Gasteiger partial charge on any atom is -0.452 e. The number of anilines is 1. The van der Waals surface area contributed by atoms with E-state index in [1.165, 1.54) is 23.1 Å². The molecule has 0 aliphatic heterocycles. The minimum absolute atomic E-state index is 0.0677. The number of aliphatic hydroxyl groups is 1. The molecule has 2 aromatic rings. The van der Waals surface area contributed by atoms with Gasteiger partial charge in [0.1, 0.15) is 11.6 Å². The van der Waals surface area contributed by atoms with E-state index in [-0.39, 0.29) is 18.3 Å². The minimum atomic E-state index is -0.379. The van der Waals surface area contributed by atoms with Gasteiger partial charge in [-0.2, -0.15) is 0 Å². The van der Waals surface area contributed by atoms with E-state index < -0.39 is 0 Å². The lowest BCUT2D eigenvalue weighted by Crippen LogP contribution is -2.15. The van der Waals surface area contributed by atoms with Crippen molar-refractivity contribution in [1.82, 2.24) is 0 Å². The number of fused-ring (bicyclic) bond motifs is 6. The fourth-order valence-corrected chi connectivity index (χ4v) is 6.67. The number of aliphatic hydroxyl groups excluding tert-OH is 1. The number of furan rings is 1. The molecule has 160 valence electrons. The van der Waals surface area contributed by atoms with Gasteiger partial charge in [-0.1, -0.05) is 0 Å². The summed E-state index contributed by atoms with van der Waals surface area (Å²) < 4.78 is 24.5. The Morgan fingerprint density at radius 3 is 2.43 bits per heavy atom. The molecule has 1 heterocycles. The molecule has 0 radical (unpaired) electrons. The van der Waals surface area contributed by atoms with Gasteiger partial charge in [-0.25, -0.2) is 4.39 Å². The van der Waals surface area contributed by atoms with Gasteiger partial charge in [-0.15, -0.1) is 0 Å². The molecule has 30 heavy (non-hydrogen) atoms. The lowest BCUT2D eigenvalue weighted by Gasteiger charge is -2.23. The van der Waals surface area contributed by atoms with Crippen LogP contribution in [0.5, 0.6) is 0 Å². The van der Waals surface area contributed by atoms with Gasteiger partial charge in [0.15, 0.2) is 5.09 Å². The summed E-state index contributed by atoms with van der Waals surface area (Å²) in [6.07, 6.45) is 8.87. The first-order valence-electron chi connectivity index (χ1n) is 10.9. The number of primary amides is 1. The Morgan fingerprint density at radius 1 is 1.13 bits per heavy atom. The zero-order chi connectivity index (χ0) is 20.8. The molecule has 1 aromatic carbocycles. The Kier molecular flexibility index (Phi) is 5.27. The van der Waals surface area contributed by atoms with Crippen molar-refractivity contribution in [2.75, 3.05) is 4.72 Å². The second-order valence-electron chi connectivity index (χ2n) is 8.75. The third-order valence-electron chi connectivity index (χ3n) is 7.20. The van der Waals surface area contributed by atoms with Crippen molar-refractivity contribution in [2.45, 2.75) is 74.9 Å². The Hall–Kier alpha value is -1.99. The van der Waals surface area contributed by atoms with Crippen LogP contribution in [-0.4, -0.2) is 11.5 Å². The molecule has 1 amide bonds. The Labute approximate surface area is 179 Å². The number of hydrogen-bond donors (Lipinski definition) is 3. The fourth-order valence-electron chi connectivity index (χ4n) is 5.90. The summed E-state index contributed by atoms with van der Waals surface area (Å²) in [6.45, 7) is 0. The Balaban J connectivity index is 0.000000609. The van der Waals surface area contributed by atoms with Crippen molar-refractivity contribution in [3.05, 3.63) is 45.5 Å². The standard InChI is InChI=1S/C22H24FNO2S.CH3NO/c23-19-13-3-1-5-15(13)20(16-6-2-4-14(16)19)24-27-18-10-17-21(25)11-7-8-12(9-11)22(17)26-18;2-1-3/h10-12,21,24-25H,1-9H2;1H,(H2,2,3). The molecule has 0 spiro atoms. The summed E-state index contributed by atoms with van der Waals surface area (Å²) in [6, 6.07) is 2.02. The predicted molar refractivity (Wildman–Crippen MR) is 114 cm³/mol. The summed E-state index contributed by atoms with van der Waals surface area (Å²) in [7, 11) is 0. The van der Waals surface area contributed by atoms with Gasteiger partial charge in [-0.05, 0) is 92.0 Å². The molecule has 7 heteroatoms. The van der Waals surface area contributed by atoms with E-state index in [1.54, 1.807) is 0 Å². The van der Waals surface area contributed by atoms with Gasteiger partial charge in [0.2, 0.25) is 6.41 Å². The number of hydrogen-bond acceptors (Lipinski definition) is 5. The third kappa shape index (κ3) is 3.14. The zero-order valence-corrected chi connectivity index (χ0v) is 17.7. The maximum atomic E-state index is 14.8. The van der Waals surface area contributed by atoms with Crippen LogP contribution in [0.1, 0.15) is 77.7 Å². The number of halogens is 1. The van der Waals surface area contributed by atoms with Crippen LogP contribution in [0, 0.1) is 11.7 Å². The second-order valence-corrected chi connectivity index (χ2v) is 9.56. The van der Waals surface area contributed by atoms with Gasteiger partial charge in [-0.3, -0.25) is 4.79 Å². The van der Waals surface area contributed by atoms with Crippen LogP contribution >= 0.6 is 11.9 Å². The van der Waals surface area contributed by atoms with Crippen molar-refractivity contribution in [1.29, 1.82) is 0 Å². The summed E-state index contributed by atoms with van der Waals surface area (Å²) >= 11 is 1.48. The number of carbonyl (C=O) groups excluding carboxylic acids is 1. The molecule has 4 aliphatic rings. The van der Waals surface area contributed by atoms with E-state index in [9.17, 15) is 9.50 Å². The Bertz CT molecular complexity index is 941. The first kappa shape index (κ1) is 19.9. The maximum Gasteiger partial charge on any atom is 0.204 e. The molecule has 2 bridgehead atoms. The van der Waals surface area contributed by atoms with Gasteiger partial charge in [0.25, 0.3) is 0 Å². The van der Waals surface area contributed by atoms with E-state index in [4.69, 9.17) is 9.21 Å². The van der Waals surface area contributed by atoms with Gasteiger partial charge in [0, 0.05) is 23.4 Å². The highest BCUT2D eigenvalue weighted by Gasteiger charge is 2.41. The van der Waals surface area contributed by atoms with Crippen molar-refractivity contribution in [3.8, 4) is 0 Å². The predicted octanol–water partition coefficient (Wildman–Crippen LogP) is 4.55. The van der Waals surface area contributed by atoms with Crippen LogP contribution in [0.15, 0.2) is 15.6 Å². The second kappa shape index (κ2) is 7.93. The lowest BCUT2D eigenvalue weighted by molar-refractivity contribution is -0.106. The number of carbonyl (C=O) groups is 1. The van der Waals surface area contributed by atoms with Gasteiger partial charge < -0.3 is 20.0 Å². The molecule has 3 atom stereocenters. The van der Waals surface area contributed by atoms with Crippen molar-refractivity contribution in [3.63, 3.8) is 0 Å². The number of nitrogens with one attached hydrogen (secondary N) is 1. The number of benzene rings is 1. The summed E-state index contributed by atoms with van der Waals surface area (Å²) in [5.74, 6) is 1.94. The molecular formula is C23H27FN2O3S. The molecule has 4 N–H and O–H groups in total. The Morgan fingerprint density at radius 2 is 1.77 bits per heavy atom. The third-order valence-corrected chi connectivity index (χ3v) is 7.91. The quantitative estimate of drug-likeness (QED) is 0.491. The number of rotatable bonds is 3. The molecule has 6 rings (SSSR count). The monoisotopic (exact) mass is 430 g/mol. The lowest BCUT2D eigenvalue weighted by atomic mass is 9.86. The highest BCUT2D eigenvalue weighted by atomic mass is 32.2. The molecule has 3 unspecified atom stereocenters. The topological polar surface area (TPSA) is 88.5 Å². The van der Waals surface area contributed by atoms with E-state index in [0.717, 1.165) is 91.0 Å². The number of amides is 1. The highest BCUT2D eigenvalue weighted by molar-refractivity contribution is 8.00. The molecule has 1 fully saturated rings. The fraction of sp³-hybridized carbons (Fsp3) is 0.522. The zero-order valence-electron chi connectivity index (χ0n) is 16.9.